The van der Waals surface area contributed by atoms with Crippen LogP contribution in [0, 0.1) is 24.0 Å². The van der Waals surface area contributed by atoms with Crippen LogP contribution in [-0.2, 0) is 17.6 Å². The van der Waals surface area contributed by atoms with Crippen LogP contribution in [0.15, 0.2) is 48.5 Å². The van der Waals surface area contributed by atoms with Crippen LogP contribution in [0.25, 0.3) is 0 Å². The van der Waals surface area contributed by atoms with Crippen molar-refractivity contribution in [3.05, 3.63) is 92.0 Å². The van der Waals surface area contributed by atoms with E-state index in [2.05, 4.69) is 32.0 Å². The number of ether oxygens (including phenoxy) is 3. The molecular weight excluding hydrogens is 496 g/mol. The number of nitro benzene ring substituents is 1. The molecule has 206 valence electrons. The summed E-state index contributed by atoms with van der Waals surface area (Å²) in [6, 6.07) is 15.1. The van der Waals surface area contributed by atoms with E-state index in [1.165, 1.54) is 18.7 Å². The van der Waals surface area contributed by atoms with Gasteiger partial charge >= 0.3 is 5.69 Å². The van der Waals surface area contributed by atoms with E-state index in [0.717, 1.165) is 40.7 Å². The van der Waals surface area contributed by atoms with Crippen molar-refractivity contribution in [1.29, 1.82) is 0 Å². The van der Waals surface area contributed by atoms with E-state index in [1.54, 1.807) is 19.2 Å². The number of carbonyl (C=O) groups is 1. The highest BCUT2D eigenvalue weighted by Gasteiger charge is 2.33. The zero-order valence-corrected chi connectivity index (χ0v) is 23.3. The van der Waals surface area contributed by atoms with Crippen molar-refractivity contribution < 1.29 is 23.9 Å². The molecule has 39 heavy (non-hydrogen) atoms. The van der Waals surface area contributed by atoms with Gasteiger partial charge in [-0.05, 0) is 72.7 Å². The van der Waals surface area contributed by atoms with Gasteiger partial charge in [0.05, 0.1) is 31.8 Å². The lowest BCUT2D eigenvalue weighted by Crippen LogP contribution is -2.40. The van der Waals surface area contributed by atoms with E-state index in [9.17, 15) is 14.9 Å². The second-order valence-corrected chi connectivity index (χ2v) is 9.91. The van der Waals surface area contributed by atoms with E-state index >= 15 is 0 Å². The quantitative estimate of drug-likeness (QED) is 0.231. The van der Waals surface area contributed by atoms with Gasteiger partial charge in [-0.2, -0.15) is 0 Å². The lowest BCUT2D eigenvalue weighted by Gasteiger charge is -2.39. The van der Waals surface area contributed by atoms with Crippen LogP contribution in [0.2, 0.25) is 0 Å². The fourth-order valence-corrected chi connectivity index (χ4v) is 5.31. The molecule has 1 aliphatic rings. The molecule has 0 radical (unpaired) electrons. The number of rotatable bonds is 10. The monoisotopic (exact) mass is 532 g/mol. The molecule has 0 bridgehead atoms. The fraction of sp³-hybridized carbons (Fsp3) is 0.387. The topological polar surface area (TPSA) is 91.1 Å². The standard InChI is InChI=1S/C31H36N2O6/c1-6-7-30(34)32-14-12-23-18-28(38-5)29(19-25(23)31(32)24-10-8-20(2)16-21(24)3)39-15-13-22-9-11-27(37-4)26(17-22)33(35)36/h8-11,16-19,31H,6-7,12-15H2,1-5H3. The zero-order valence-electron chi connectivity index (χ0n) is 23.3. The minimum Gasteiger partial charge on any atom is -0.493 e. The smallest absolute Gasteiger partial charge is 0.311 e. The molecule has 1 unspecified atom stereocenters. The third-order valence-electron chi connectivity index (χ3n) is 7.25. The number of aryl methyl sites for hydroxylation is 2. The Hall–Kier alpha value is -4.07. The van der Waals surface area contributed by atoms with Crippen LogP contribution in [0.4, 0.5) is 5.69 Å². The van der Waals surface area contributed by atoms with Crippen molar-refractivity contribution >= 4 is 11.6 Å². The van der Waals surface area contributed by atoms with E-state index in [4.69, 9.17) is 14.2 Å². The summed E-state index contributed by atoms with van der Waals surface area (Å²) in [5, 5.41) is 11.4. The summed E-state index contributed by atoms with van der Waals surface area (Å²) in [7, 11) is 3.03. The van der Waals surface area contributed by atoms with Crippen LogP contribution in [0.1, 0.15) is 59.2 Å². The van der Waals surface area contributed by atoms with Crippen LogP contribution >= 0.6 is 0 Å². The molecule has 8 heteroatoms. The minimum atomic E-state index is -0.450. The van der Waals surface area contributed by atoms with Crippen molar-refractivity contribution in [2.45, 2.75) is 52.5 Å². The molecule has 0 saturated carbocycles. The summed E-state index contributed by atoms with van der Waals surface area (Å²) in [5.74, 6) is 1.58. The first-order chi connectivity index (χ1) is 18.8. The number of hydrogen-bond acceptors (Lipinski definition) is 6. The summed E-state index contributed by atoms with van der Waals surface area (Å²) < 4.78 is 17.0. The molecule has 8 nitrogen and oxygen atoms in total. The number of hydrogen-bond donors (Lipinski definition) is 0. The molecule has 1 heterocycles. The first kappa shape index (κ1) is 28.0. The zero-order chi connectivity index (χ0) is 28.1. The van der Waals surface area contributed by atoms with E-state index in [-0.39, 0.29) is 23.4 Å². The Labute approximate surface area is 229 Å². The first-order valence-electron chi connectivity index (χ1n) is 13.3. The van der Waals surface area contributed by atoms with Gasteiger partial charge in [-0.15, -0.1) is 0 Å². The van der Waals surface area contributed by atoms with Gasteiger partial charge in [0.1, 0.15) is 0 Å². The average molecular weight is 533 g/mol. The van der Waals surface area contributed by atoms with Gasteiger partial charge in [0.2, 0.25) is 5.91 Å². The number of amides is 1. The highest BCUT2D eigenvalue weighted by molar-refractivity contribution is 5.78. The fourth-order valence-electron chi connectivity index (χ4n) is 5.31. The molecule has 1 atom stereocenters. The highest BCUT2D eigenvalue weighted by Crippen LogP contribution is 2.42. The van der Waals surface area contributed by atoms with Gasteiger partial charge < -0.3 is 19.1 Å². The second kappa shape index (κ2) is 12.2. The first-order valence-corrected chi connectivity index (χ1v) is 13.3. The number of nitrogens with zero attached hydrogens (tertiary/aromatic N) is 2. The minimum absolute atomic E-state index is 0.0745. The van der Waals surface area contributed by atoms with Gasteiger partial charge in [-0.1, -0.05) is 36.8 Å². The number of nitro groups is 1. The molecule has 1 amide bonds. The van der Waals surface area contributed by atoms with E-state index in [0.29, 0.717) is 37.5 Å². The van der Waals surface area contributed by atoms with Crippen molar-refractivity contribution in [3.63, 3.8) is 0 Å². The van der Waals surface area contributed by atoms with Crippen LogP contribution < -0.4 is 14.2 Å². The van der Waals surface area contributed by atoms with Crippen LogP contribution in [0.5, 0.6) is 17.2 Å². The summed E-state index contributed by atoms with van der Waals surface area (Å²) in [5.41, 5.74) is 6.29. The second-order valence-electron chi connectivity index (χ2n) is 9.91. The molecule has 0 fully saturated rings. The highest BCUT2D eigenvalue weighted by atomic mass is 16.6. The molecule has 1 aliphatic heterocycles. The van der Waals surface area contributed by atoms with Crippen molar-refractivity contribution in [3.8, 4) is 17.2 Å². The molecule has 0 saturated heterocycles. The largest absolute Gasteiger partial charge is 0.493 e. The third-order valence-corrected chi connectivity index (χ3v) is 7.25. The molecule has 0 spiro atoms. The Kier molecular flexibility index (Phi) is 8.74. The normalized spacial score (nSPS) is 14.5. The van der Waals surface area contributed by atoms with Crippen molar-refractivity contribution in [2.24, 2.45) is 0 Å². The molecule has 4 rings (SSSR count). The number of methoxy groups -OCH3 is 2. The average Bonchev–Trinajstić information content (AvgIpc) is 2.92. The maximum atomic E-state index is 13.2. The summed E-state index contributed by atoms with van der Waals surface area (Å²) in [6.07, 6.45) is 2.50. The Morgan fingerprint density at radius 2 is 1.77 bits per heavy atom. The Morgan fingerprint density at radius 3 is 2.44 bits per heavy atom. The Bertz CT molecular complexity index is 1370. The van der Waals surface area contributed by atoms with Crippen LogP contribution in [0.3, 0.4) is 0 Å². The molecule has 0 N–H and O–H groups in total. The molecule has 3 aromatic rings. The van der Waals surface area contributed by atoms with Gasteiger partial charge in [0, 0.05) is 25.5 Å². The number of carbonyl (C=O) groups excluding carboxylic acids is 1. The predicted octanol–water partition coefficient (Wildman–Crippen LogP) is 6.12. The van der Waals surface area contributed by atoms with E-state index < -0.39 is 4.92 Å². The third kappa shape index (κ3) is 6.00. The lowest BCUT2D eigenvalue weighted by molar-refractivity contribution is -0.385. The number of fused-ring (bicyclic) bond motifs is 1. The van der Waals surface area contributed by atoms with E-state index in [1.807, 2.05) is 24.0 Å². The van der Waals surface area contributed by atoms with Gasteiger partial charge in [-0.25, -0.2) is 0 Å². The van der Waals surface area contributed by atoms with Gasteiger partial charge in [0.25, 0.3) is 0 Å². The maximum Gasteiger partial charge on any atom is 0.311 e. The Balaban J connectivity index is 1.67. The molecule has 3 aromatic carbocycles. The Morgan fingerprint density at radius 1 is 1.00 bits per heavy atom. The summed E-state index contributed by atoms with van der Waals surface area (Å²) >= 11 is 0. The molecular formula is C31H36N2O6. The predicted molar refractivity (Wildman–Crippen MR) is 150 cm³/mol. The summed E-state index contributed by atoms with van der Waals surface area (Å²) in [4.78, 5) is 26.2. The van der Waals surface area contributed by atoms with Gasteiger partial charge in [-0.3, -0.25) is 14.9 Å². The summed E-state index contributed by atoms with van der Waals surface area (Å²) in [6.45, 7) is 7.12. The molecule has 0 aromatic heterocycles. The van der Waals surface area contributed by atoms with Crippen molar-refractivity contribution in [1.82, 2.24) is 4.90 Å². The van der Waals surface area contributed by atoms with Gasteiger partial charge in [0.15, 0.2) is 17.2 Å². The molecule has 0 aliphatic carbocycles. The number of benzene rings is 3. The lowest BCUT2D eigenvalue weighted by atomic mass is 9.85. The SMILES string of the molecule is CCCC(=O)N1CCc2cc(OC)c(OCCc3ccc(OC)c([N+](=O)[O-])c3)cc2C1c1ccc(C)cc1C. The van der Waals surface area contributed by atoms with Crippen molar-refractivity contribution in [2.75, 3.05) is 27.4 Å². The maximum absolute atomic E-state index is 13.2. The van der Waals surface area contributed by atoms with Crippen LogP contribution in [-0.4, -0.2) is 43.1 Å².